The monoisotopic (exact) mass is 515 g/mol. The van der Waals surface area contributed by atoms with E-state index in [1.54, 1.807) is 11.8 Å². The molecule has 1 amide bonds. The summed E-state index contributed by atoms with van der Waals surface area (Å²) in [7, 11) is 3.64. The average molecular weight is 516 g/mol. The summed E-state index contributed by atoms with van der Waals surface area (Å²) in [5.41, 5.74) is 5.49. The fourth-order valence-electron chi connectivity index (χ4n) is 6.36. The summed E-state index contributed by atoms with van der Waals surface area (Å²) in [6, 6.07) is 16.9. The highest BCUT2D eigenvalue weighted by Crippen LogP contribution is 2.39. The summed E-state index contributed by atoms with van der Waals surface area (Å²) in [5, 5.41) is 14.6. The van der Waals surface area contributed by atoms with Crippen molar-refractivity contribution in [3.8, 4) is 17.0 Å². The van der Waals surface area contributed by atoms with Crippen molar-refractivity contribution >= 4 is 11.6 Å². The van der Waals surface area contributed by atoms with Gasteiger partial charge in [-0.25, -0.2) is 0 Å². The molecule has 0 radical (unpaired) electrons. The van der Waals surface area contributed by atoms with Crippen molar-refractivity contribution in [3.63, 3.8) is 0 Å². The number of amides is 1. The Balaban J connectivity index is 1.32. The van der Waals surface area contributed by atoms with Crippen molar-refractivity contribution in [2.45, 2.75) is 70.3 Å². The van der Waals surface area contributed by atoms with Gasteiger partial charge in [-0.15, -0.1) is 0 Å². The lowest BCUT2D eigenvalue weighted by molar-refractivity contribution is -0.124. The van der Waals surface area contributed by atoms with Crippen LogP contribution in [0.5, 0.6) is 5.75 Å². The number of ether oxygens (including phenoxy) is 1. The molecule has 202 valence electrons. The number of aryl methyl sites for hydroxylation is 2. The van der Waals surface area contributed by atoms with Gasteiger partial charge in [0.1, 0.15) is 5.75 Å². The number of carbonyl (C=O) groups is 1. The molecule has 2 aliphatic carbocycles. The van der Waals surface area contributed by atoms with Crippen LogP contribution in [-0.4, -0.2) is 40.6 Å². The third-order valence-corrected chi connectivity index (χ3v) is 8.66. The Kier molecular flexibility index (Phi) is 8.18. The van der Waals surface area contributed by atoms with Crippen LogP contribution in [0.15, 0.2) is 54.7 Å². The van der Waals surface area contributed by atoms with Gasteiger partial charge in [-0.2, -0.15) is 5.10 Å². The number of rotatable bonds is 7. The highest BCUT2D eigenvalue weighted by molar-refractivity contribution is 5.95. The molecule has 1 heterocycles. The van der Waals surface area contributed by atoms with Crippen molar-refractivity contribution in [1.29, 1.82) is 0 Å². The minimum absolute atomic E-state index is 0.0180. The first kappa shape index (κ1) is 26.5. The predicted molar refractivity (Wildman–Crippen MR) is 151 cm³/mol. The SMILES string of the molecule is COc1ccc(C2CCC(CN(C(=O)C3CCC(O)CC3)c3cccc(-c4ccn(C)n4)c3)CC2)cc1C. The molecule has 0 unspecified atom stereocenters. The molecular formula is C32H41N3O3. The maximum Gasteiger partial charge on any atom is 0.230 e. The molecule has 0 aliphatic heterocycles. The quantitative estimate of drug-likeness (QED) is 0.403. The van der Waals surface area contributed by atoms with Crippen LogP contribution in [0, 0.1) is 18.8 Å². The Bertz CT molecular complexity index is 1240. The maximum absolute atomic E-state index is 13.9. The second-order valence-corrected chi connectivity index (χ2v) is 11.3. The van der Waals surface area contributed by atoms with Gasteiger partial charge in [-0.05, 0) is 106 Å². The van der Waals surface area contributed by atoms with E-state index in [9.17, 15) is 9.90 Å². The van der Waals surface area contributed by atoms with Crippen LogP contribution in [0.25, 0.3) is 11.3 Å². The molecule has 6 heteroatoms. The smallest absolute Gasteiger partial charge is 0.230 e. The number of hydrogen-bond donors (Lipinski definition) is 1. The molecule has 0 atom stereocenters. The van der Waals surface area contributed by atoms with Gasteiger partial charge in [0.25, 0.3) is 0 Å². The Hall–Kier alpha value is -3.12. The van der Waals surface area contributed by atoms with Gasteiger partial charge in [-0.3, -0.25) is 9.48 Å². The van der Waals surface area contributed by atoms with Crippen molar-refractivity contribution < 1.29 is 14.6 Å². The van der Waals surface area contributed by atoms with Crippen LogP contribution in [0.2, 0.25) is 0 Å². The number of anilines is 1. The maximum atomic E-state index is 13.9. The normalized spacial score (nSPS) is 23.7. The molecule has 2 aromatic carbocycles. The molecule has 1 N–H and O–H groups in total. The topological polar surface area (TPSA) is 67.6 Å². The first-order valence-electron chi connectivity index (χ1n) is 14.2. The van der Waals surface area contributed by atoms with Gasteiger partial charge in [-0.1, -0.05) is 24.3 Å². The van der Waals surface area contributed by atoms with Crippen molar-refractivity contribution in [3.05, 3.63) is 65.9 Å². The number of benzene rings is 2. The lowest BCUT2D eigenvalue weighted by Crippen LogP contribution is -2.41. The van der Waals surface area contributed by atoms with Crippen molar-refractivity contribution in [2.75, 3.05) is 18.6 Å². The molecular weight excluding hydrogens is 474 g/mol. The molecule has 2 saturated carbocycles. The van der Waals surface area contributed by atoms with Gasteiger partial charge in [0, 0.05) is 37.0 Å². The lowest BCUT2D eigenvalue weighted by atomic mass is 9.78. The van der Waals surface area contributed by atoms with Crippen LogP contribution in [0.4, 0.5) is 5.69 Å². The van der Waals surface area contributed by atoms with Gasteiger partial charge in [0.2, 0.25) is 5.91 Å². The summed E-state index contributed by atoms with van der Waals surface area (Å²) in [6.07, 6.45) is 9.14. The Labute approximate surface area is 226 Å². The second kappa shape index (κ2) is 11.7. The number of aromatic nitrogens is 2. The second-order valence-electron chi connectivity index (χ2n) is 11.3. The average Bonchev–Trinajstić information content (AvgIpc) is 3.38. The number of methoxy groups -OCH3 is 1. The van der Waals surface area contributed by atoms with E-state index in [1.165, 1.54) is 11.1 Å². The van der Waals surface area contributed by atoms with Crippen molar-refractivity contribution in [2.24, 2.45) is 18.9 Å². The largest absolute Gasteiger partial charge is 0.496 e. The van der Waals surface area contributed by atoms with Gasteiger partial charge >= 0.3 is 0 Å². The lowest BCUT2D eigenvalue weighted by Gasteiger charge is -2.36. The molecule has 2 fully saturated rings. The standard InChI is InChI=1S/C32H41N3O3/c1-22-19-26(13-16-31(22)38-3)24-9-7-23(8-10-24)21-35(32(37)25-11-14-29(36)15-12-25)28-6-4-5-27(20-28)30-17-18-34(2)33-30/h4-6,13,16-20,23-25,29,36H,7-12,14-15,21H2,1-3H3. The molecule has 0 spiro atoms. The Morgan fingerprint density at radius 1 is 1.03 bits per heavy atom. The van der Waals surface area contributed by atoms with Crippen LogP contribution in [0.1, 0.15) is 68.4 Å². The van der Waals surface area contributed by atoms with Crippen LogP contribution in [-0.2, 0) is 11.8 Å². The van der Waals surface area contributed by atoms with E-state index in [0.29, 0.717) is 24.7 Å². The highest BCUT2D eigenvalue weighted by atomic mass is 16.5. The Morgan fingerprint density at radius 2 is 1.79 bits per heavy atom. The first-order valence-corrected chi connectivity index (χ1v) is 14.2. The number of aliphatic hydroxyl groups excluding tert-OH is 1. The highest BCUT2D eigenvalue weighted by Gasteiger charge is 2.32. The molecule has 3 aromatic rings. The first-order chi connectivity index (χ1) is 18.4. The number of nitrogens with zero attached hydrogens (tertiary/aromatic N) is 3. The van der Waals surface area contributed by atoms with E-state index in [1.807, 2.05) is 25.4 Å². The Morgan fingerprint density at radius 3 is 2.45 bits per heavy atom. The summed E-state index contributed by atoms with van der Waals surface area (Å²) in [5.74, 6) is 2.17. The van der Waals surface area contributed by atoms with Crippen molar-refractivity contribution in [1.82, 2.24) is 9.78 Å². The van der Waals surface area contributed by atoms with E-state index in [2.05, 4.69) is 53.3 Å². The van der Waals surface area contributed by atoms with Gasteiger partial charge < -0.3 is 14.7 Å². The fourth-order valence-corrected chi connectivity index (χ4v) is 6.36. The number of hydrogen-bond acceptors (Lipinski definition) is 4. The molecule has 0 bridgehead atoms. The van der Waals surface area contributed by atoms with E-state index in [0.717, 1.165) is 67.8 Å². The van der Waals surface area contributed by atoms with Gasteiger partial charge in [0.15, 0.2) is 0 Å². The summed E-state index contributed by atoms with van der Waals surface area (Å²) < 4.78 is 7.26. The van der Waals surface area contributed by atoms with E-state index < -0.39 is 0 Å². The molecule has 1 aromatic heterocycles. The van der Waals surface area contributed by atoms with Crippen LogP contribution >= 0.6 is 0 Å². The van der Waals surface area contributed by atoms with Crippen LogP contribution < -0.4 is 9.64 Å². The van der Waals surface area contributed by atoms with E-state index >= 15 is 0 Å². The zero-order valence-electron chi connectivity index (χ0n) is 23.0. The zero-order valence-corrected chi connectivity index (χ0v) is 23.0. The summed E-state index contributed by atoms with van der Waals surface area (Å²) in [6.45, 7) is 2.86. The predicted octanol–water partition coefficient (Wildman–Crippen LogP) is 6.26. The van der Waals surface area contributed by atoms with Crippen LogP contribution in [0.3, 0.4) is 0 Å². The summed E-state index contributed by atoms with van der Waals surface area (Å²) >= 11 is 0. The number of carbonyl (C=O) groups excluding carboxylic acids is 1. The third-order valence-electron chi connectivity index (χ3n) is 8.66. The molecule has 6 nitrogen and oxygen atoms in total. The minimum atomic E-state index is -0.267. The fraction of sp³-hybridized carbons (Fsp3) is 0.500. The van der Waals surface area contributed by atoms with E-state index in [-0.39, 0.29) is 17.9 Å². The minimum Gasteiger partial charge on any atom is -0.496 e. The van der Waals surface area contributed by atoms with E-state index in [4.69, 9.17) is 4.74 Å². The number of aliphatic hydroxyl groups is 1. The third kappa shape index (κ3) is 5.96. The van der Waals surface area contributed by atoms with Gasteiger partial charge in [0.05, 0.1) is 18.9 Å². The molecule has 5 rings (SSSR count). The molecule has 2 aliphatic rings. The zero-order chi connectivity index (χ0) is 26.6. The summed E-state index contributed by atoms with van der Waals surface area (Å²) in [4.78, 5) is 16.0. The molecule has 38 heavy (non-hydrogen) atoms. The molecule has 0 saturated heterocycles.